The first-order chi connectivity index (χ1) is 17.4. The second-order valence-electron chi connectivity index (χ2n) is 11.1. The molecule has 0 aliphatic carbocycles. The van der Waals surface area contributed by atoms with E-state index in [4.69, 9.17) is 10.2 Å². The first kappa shape index (κ1) is 34.9. The molecule has 3 N–H and O–H groups in total. The number of nitrogens with one attached hydrogen (secondary N) is 1. The maximum atomic E-state index is 8.77. The molecule has 0 bridgehead atoms. The van der Waals surface area contributed by atoms with E-state index in [9.17, 15) is 0 Å². The molecule has 0 amide bonds. The Morgan fingerprint density at radius 1 is 0.229 bits per heavy atom. The van der Waals surface area contributed by atoms with Gasteiger partial charge in [0.15, 0.2) is 0 Å². The number of hydrogen-bond donors (Lipinski definition) is 3. The van der Waals surface area contributed by atoms with Crippen LogP contribution < -0.4 is 5.32 Å². The summed E-state index contributed by atoms with van der Waals surface area (Å²) in [4.78, 5) is 0. The van der Waals surface area contributed by atoms with Crippen molar-refractivity contribution in [2.45, 2.75) is 180 Å². The van der Waals surface area contributed by atoms with Crippen LogP contribution in [-0.2, 0) is 0 Å². The average molecular weight is 498 g/mol. The summed E-state index contributed by atoms with van der Waals surface area (Å²) in [6.45, 7) is 3.18. The Kier molecular flexibility index (Phi) is 33.8. The van der Waals surface area contributed by atoms with Crippen LogP contribution in [0.1, 0.15) is 180 Å². The minimum Gasteiger partial charge on any atom is -0.396 e. The molecule has 3 nitrogen and oxygen atoms in total. The smallest absolute Gasteiger partial charge is 0.0431 e. The molecule has 0 unspecified atom stereocenters. The molecule has 0 aromatic heterocycles. The van der Waals surface area contributed by atoms with Gasteiger partial charge in [-0.1, -0.05) is 154 Å². The molecule has 3 heteroatoms. The fourth-order valence-corrected chi connectivity index (χ4v) is 5.09. The highest BCUT2D eigenvalue weighted by molar-refractivity contribution is 4.54. The zero-order valence-corrected chi connectivity index (χ0v) is 24.0. The second-order valence-corrected chi connectivity index (χ2v) is 11.1. The lowest BCUT2D eigenvalue weighted by Crippen LogP contribution is -2.16. The van der Waals surface area contributed by atoms with E-state index < -0.39 is 0 Å². The maximum Gasteiger partial charge on any atom is 0.0431 e. The third kappa shape index (κ3) is 33.9. The number of unbranched alkanes of at least 4 members (excludes halogenated alkanes) is 26. The highest BCUT2D eigenvalue weighted by atomic mass is 16.3. The molecule has 212 valence electrons. The maximum absolute atomic E-state index is 8.77. The zero-order valence-electron chi connectivity index (χ0n) is 24.0. The van der Waals surface area contributed by atoms with Crippen molar-refractivity contribution in [1.29, 1.82) is 0 Å². The molecule has 0 heterocycles. The molecule has 0 saturated carbocycles. The van der Waals surface area contributed by atoms with Gasteiger partial charge >= 0.3 is 0 Å². The Labute approximate surface area is 221 Å². The van der Waals surface area contributed by atoms with Crippen molar-refractivity contribution in [2.75, 3.05) is 26.3 Å². The van der Waals surface area contributed by atoms with Crippen molar-refractivity contribution in [3.05, 3.63) is 0 Å². The molecular formula is C32H67NO2. The van der Waals surface area contributed by atoms with Gasteiger partial charge in [-0.3, -0.25) is 0 Å². The summed E-state index contributed by atoms with van der Waals surface area (Å²) in [6, 6.07) is 0. The summed E-state index contributed by atoms with van der Waals surface area (Å²) >= 11 is 0. The van der Waals surface area contributed by atoms with Crippen LogP contribution in [0.2, 0.25) is 0 Å². The predicted molar refractivity (Wildman–Crippen MR) is 156 cm³/mol. The summed E-state index contributed by atoms with van der Waals surface area (Å²) in [7, 11) is 0. The number of rotatable bonds is 32. The summed E-state index contributed by atoms with van der Waals surface area (Å²) in [6.07, 6.45) is 38.1. The zero-order chi connectivity index (χ0) is 25.3. The van der Waals surface area contributed by atoms with Crippen LogP contribution in [0.25, 0.3) is 0 Å². The van der Waals surface area contributed by atoms with E-state index in [2.05, 4.69) is 5.32 Å². The van der Waals surface area contributed by atoms with Crippen molar-refractivity contribution < 1.29 is 10.2 Å². The largest absolute Gasteiger partial charge is 0.396 e. The molecule has 35 heavy (non-hydrogen) atoms. The van der Waals surface area contributed by atoms with E-state index in [-0.39, 0.29) is 0 Å². The number of aliphatic hydroxyl groups is 2. The number of aliphatic hydroxyl groups excluding tert-OH is 2. The van der Waals surface area contributed by atoms with Gasteiger partial charge in [-0.25, -0.2) is 0 Å². The first-order valence-electron chi connectivity index (χ1n) is 16.3. The summed E-state index contributed by atoms with van der Waals surface area (Å²) in [5, 5.41) is 21.2. The molecule has 0 rings (SSSR count). The van der Waals surface area contributed by atoms with Crippen LogP contribution in [0.15, 0.2) is 0 Å². The molecule has 0 atom stereocenters. The first-order valence-corrected chi connectivity index (χ1v) is 16.3. The fourth-order valence-electron chi connectivity index (χ4n) is 5.09. The summed E-state index contributed by atoms with van der Waals surface area (Å²) in [5.41, 5.74) is 0. The van der Waals surface area contributed by atoms with Crippen LogP contribution in [0.3, 0.4) is 0 Å². The lowest BCUT2D eigenvalue weighted by Gasteiger charge is -2.06. The standard InChI is InChI=1S/C32H67NO2/c34-31-27-23-19-15-11-7-4-2-1-3-5-9-13-17-21-25-29-33-30-26-22-18-14-10-6-8-12-16-20-24-28-32-35/h33-35H,1-32H2. The normalized spacial score (nSPS) is 11.5. The van der Waals surface area contributed by atoms with Crippen molar-refractivity contribution in [3.8, 4) is 0 Å². The lowest BCUT2D eigenvalue weighted by molar-refractivity contribution is 0.282. The van der Waals surface area contributed by atoms with E-state index in [1.54, 1.807) is 0 Å². The molecule has 0 aromatic rings. The Bertz CT molecular complexity index is 318. The molecule has 0 aromatic carbocycles. The van der Waals surface area contributed by atoms with Crippen molar-refractivity contribution in [1.82, 2.24) is 5.32 Å². The summed E-state index contributed by atoms with van der Waals surface area (Å²) in [5.74, 6) is 0. The van der Waals surface area contributed by atoms with E-state index in [0.29, 0.717) is 13.2 Å². The predicted octanol–water partition coefficient (Wildman–Crippen LogP) is 9.48. The van der Waals surface area contributed by atoms with E-state index in [0.717, 1.165) is 12.8 Å². The van der Waals surface area contributed by atoms with E-state index in [1.165, 1.54) is 180 Å². The minimum atomic E-state index is 0.367. The van der Waals surface area contributed by atoms with Crippen LogP contribution in [0.4, 0.5) is 0 Å². The Balaban J connectivity index is 3.00. The fraction of sp³-hybridized carbons (Fsp3) is 1.00. The van der Waals surface area contributed by atoms with Crippen LogP contribution >= 0.6 is 0 Å². The van der Waals surface area contributed by atoms with E-state index in [1.807, 2.05) is 0 Å². The van der Waals surface area contributed by atoms with Crippen molar-refractivity contribution in [2.24, 2.45) is 0 Å². The van der Waals surface area contributed by atoms with Gasteiger partial charge in [-0.15, -0.1) is 0 Å². The van der Waals surface area contributed by atoms with Gasteiger partial charge in [-0.2, -0.15) is 0 Å². The monoisotopic (exact) mass is 498 g/mol. The Morgan fingerprint density at radius 3 is 0.600 bits per heavy atom. The Hall–Kier alpha value is -0.120. The quantitative estimate of drug-likeness (QED) is 0.0811. The lowest BCUT2D eigenvalue weighted by atomic mass is 10.0. The molecule has 0 saturated heterocycles. The average Bonchev–Trinajstić information content (AvgIpc) is 2.87. The molecule has 0 radical (unpaired) electrons. The molecular weight excluding hydrogens is 430 g/mol. The van der Waals surface area contributed by atoms with Crippen LogP contribution in [0, 0.1) is 0 Å². The summed E-state index contributed by atoms with van der Waals surface area (Å²) < 4.78 is 0. The molecule has 0 aliphatic heterocycles. The van der Waals surface area contributed by atoms with Crippen molar-refractivity contribution in [3.63, 3.8) is 0 Å². The van der Waals surface area contributed by atoms with Crippen molar-refractivity contribution >= 4 is 0 Å². The molecule has 0 fully saturated rings. The van der Waals surface area contributed by atoms with Crippen LogP contribution in [0.5, 0.6) is 0 Å². The minimum absolute atomic E-state index is 0.367. The third-order valence-electron chi connectivity index (χ3n) is 7.52. The highest BCUT2D eigenvalue weighted by Gasteiger charge is 1.96. The topological polar surface area (TPSA) is 52.5 Å². The van der Waals surface area contributed by atoms with Gasteiger partial charge in [0.05, 0.1) is 0 Å². The Morgan fingerprint density at radius 2 is 0.400 bits per heavy atom. The SMILES string of the molecule is OCCCCCCCCCCCCCCCCCCNCCCCCCCCCCCCCCO. The van der Waals surface area contributed by atoms with Gasteiger partial charge in [0.1, 0.15) is 0 Å². The molecule has 0 aliphatic rings. The molecule has 0 spiro atoms. The van der Waals surface area contributed by atoms with Gasteiger partial charge in [0, 0.05) is 13.2 Å². The second kappa shape index (κ2) is 33.9. The van der Waals surface area contributed by atoms with Gasteiger partial charge in [0.25, 0.3) is 0 Å². The third-order valence-corrected chi connectivity index (χ3v) is 7.52. The van der Waals surface area contributed by atoms with E-state index >= 15 is 0 Å². The van der Waals surface area contributed by atoms with Gasteiger partial charge < -0.3 is 15.5 Å². The van der Waals surface area contributed by atoms with Gasteiger partial charge in [0.2, 0.25) is 0 Å². The van der Waals surface area contributed by atoms with Gasteiger partial charge in [-0.05, 0) is 38.8 Å². The number of hydrogen-bond acceptors (Lipinski definition) is 3. The van der Waals surface area contributed by atoms with Crippen LogP contribution in [-0.4, -0.2) is 36.5 Å². The highest BCUT2D eigenvalue weighted by Crippen LogP contribution is 2.14.